The maximum absolute atomic E-state index is 14.0. The van der Waals surface area contributed by atoms with Crippen molar-refractivity contribution in [3.63, 3.8) is 0 Å². The molecular weight excluding hydrogens is 476 g/mol. The van der Waals surface area contributed by atoms with E-state index in [4.69, 9.17) is 9.47 Å². The molecule has 5 rings (SSSR count). The number of hydrogen-bond acceptors (Lipinski definition) is 5. The van der Waals surface area contributed by atoms with Gasteiger partial charge in [0.2, 0.25) is 0 Å². The number of nitrogens with one attached hydrogen (secondary N) is 1. The average Bonchev–Trinajstić information content (AvgIpc) is 2.91. The van der Waals surface area contributed by atoms with E-state index in [-0.39, 0.29) is 17.1 Å². The molecule has 6 nitrogen and oxygen atoms in total. The van der Waals surface area contributed by atoms with Crippen LogP contribution in [0.2, 0.25) is 0 Å². The average molecular weight is 515 g/mol. The van der Waals surface area contributed by atoms with Crippen molar-refractivity contribution < 1.29 is 19.1 Å². The van der Waals surface area contributed by atoms with Gasteiger partial charge in [-0.05, 0) is 61.3 Å². The molecule has 38 heavy (non-hydrogen) atoms. The first-order valence-corrected chi connectivity index (χ1v) is 13.7. The highest BCUT2D eigenvalue weighted by Crippen LogP contribution is 2.48. The van der Waals surface area contributed by atoms with Gasteiger partial charge in [-0.15, -0.1) is 0 Å². The standard InChI is InChI=1S/C32H38N2O4/c1-21-28(31(36)34-15-9-6-10-16-34)29(30-24(33-21)18-32(2,3)19-25(30)35)23-13-14-26(27(17-23)37-4)38-20-22-11-7-5-8-12-22/h5,7-8,11-14,17,29,33H,6,9-10,15-16,18-20H2,1-4H3/t29-/m1/s1. The van der Waals surface area contributed by atoms with E-state index < -0.39 is 5.92 Å². The van der Waals surface area contributed by atoms with Gasteiger partial charge in [0.25, 0.3) is 5.91 Å². The first kappa shape index (κ1) is 26.1. The summed E-state index contributed by atoms with van der Waals surface area (Å²) in [6, 6.07) is 15.8. The minimum absolute atomic E-state index is 0.0206. The minimum atomic E-state index is -0.443. The number of ether oxygens (including phenoxy) is 2. The summed E-state index contributed by atoms with van der Waals surface area (Å²) in [6.07, 6.45) is 4.40. The molecule has 2 aromatic carbocycles. The third-order valence-electron chi connectivity index (χ3n) is 7.87. The van der Waals surface area contributed by atoms with Crippen LogP contribution < -0.4 is 14.8 Å². The summed E-state index contributed by atoms with van der Waals surface area (Å²) < 4.78 is 11.8. The Morgan fingerprint density at radius 2 is 1.76 bits per heavy atom. The van der Waals surface area contributed by atoms with Gasteiger partial charge >= 0.3 is 0 Å². The van der Waals surface area contributed by atoms with Crippen LogP contribution in [0, 0.1) is 5.41 Å². The highest BCUT2D eigenvalue weighted by atomic mass is 16.5. The van der Waals surface area contributed by atoms with Gasteiger partial charge < -0.3 is 19.7 Å². The lowest BCUT2D eigenvalue weighted by molar-refractivity contribution is -0.128. The van der Waals surface area contributed by atoms with Crippen molar-refractivity contribution in [3.8, 4) is 11.5 Å². The molecule has 0 aromatic heterocycles. The molecule has 6 heteroatoms. The molecule has 2 heterocycles. The lowest BCUT2D eigenvalue weighted by Crippen LogP contribution is -2.43. The van der Waals surface area contributed by atoms with E-state index >= 15 is 0 Å². The smallest absolute Gasteiger partial charge is 0.252 e. The summed E-state index contributed by atoms with van der Waals surface area (Å²) in [5.74, 6) is 0.899. The van der Waals surface area contributed by atoms with E-state index in [9.17, 15) is 9.59 Å². The molecule has 1 fully saturated rings. The topological polar surface area (TPSA) is 67.9 Å². The molecule has 2 aliphatic heterocycles. The number of carbonyl (C=O) groups excluding carboxylic acids is 2. The Morgan fingerprint density at radius 1 is 1.03 bits per heavy atom. The number of likely N-dealkylation sites (tertiary alicyclic amines) is 1. The van der Waals surface area contributed by atoms with Crippen LogP contribution in [0.1, 0.15) is 69.9 Å². The fraction of sp³-hybridized carbons (Fsp3) is 0.438. The van der Waals surface area contributed by atoms with Crippen molar-refractivity contribution in [2.24, 2.45) is 5.41 Å². The molecule has 0 saturated carbocycles. The summed E-state index contributed by atoms with van der Waals surface area (Å²) >= 11 is 0. The van der Waals surface area contributed by atoms with E-state index in [1.165, 1.54) is 0 Å². The van der Waals surface area contributed by atoms with Crippen molar-refractivity contribution in [2.45, 2.75) is 65.4 Å². The van der Waals surface area contributed by atoms with E-state index in [0.29, 0.717) is 30.1 Å². The minimum Gasteiger partial charge on any atom is -0.493 e. The number of hydrogen-bond donors (Lipinski definition) is 1. The number of allylic oxidation sites excluding steroid dienone is 3. The van der Waals surface area contributed by atoms with Gasteiger partial charge in [0, 0.05) is 48.0 Å². The first-order valence-electron chi connectivity index (χ1n) is 13.7. The molecule has 1 N–H and O–H groups in total. The number of ketones is 1. The van der Waals surface area contributed by atoms with E-state index in [1.807, 2.05) is 60.4 Å². The van der Waals surface area contributed by atoms with Gasteiger partial charge in [-0.25, -0.2) is 0 Å². The fourth-order valence-electron chi connectivity index (χ4n) is 6.04. The molecule has 1 saturated heterocycles. The molecular formula is C32H38N2O4. The Bertz CT molecular complexity index is 1290. The van der Waals surface area contributed by atoms with Crippen LogP contribution in [0.15, 0.2) is 71.1 Å². The second-order valence-corrected chi connectivity index (χ2v) is 11.5. The largest absolute Gasteiger partial charge is 0.493 e. The zero-order valence-electron chi connectivity index (χ0n) is 22.9. The summed E-state index contributed by atoms with van der Waals surface area (Å²) in [6.45, 7) is 8.15. The molecule has 0 unspecified atom stereocenters. The Labute approximate surface area is 225 Å². The zero-order valence-corrected chi connectivity index (χ0v) is 22.9. The van der Waals surface area contributed by atoms with Crippen molar-refractivity contribution in [2.75, 3.05) is 20.2 Å². The number of piperidine rings is 1. The molecule has 1 atom stereocenters. The number of rotatable bonds is 6. The Balaban J connectivity index is 1.55. The predicted octanol–water partition coefficient (Wildman–Crippen LogP) is 5.89. The van der Waals surface area contributed by atoms with Crippen LogP contribution in [0.25, 0.3) is 0 Å². The number of nitrogens with zero attached hydrogens (tertiary/aromatic N) is 1. The quantitative estimate of drug-likeness (QED) is 0.521. The number of amides is 1. The van der Waals surface area contributed by atoms with Gasteiger partial charge in [0.15, 0.2) is 17.3 Å². The van der Waals surface area contributed by atoms with Gasteiger partial charge in [-0.1, -0.05) is 50.2 Å². The Morgan fingerprint density at radius 3 is 2.47 bits per heavy atom. The molecule has 0 spiro atoms. The molecule has 3 aliphatic rings. The van der Waals surface area contributed by atoms with Gasteiger partial charge in [0.1, 0.15) is 6.61 Å². The monoisotopic (exact) mass is 514 g/mol. The van der Waals surface area contributed by atoms with Crippen LogP contribution in [0.4, 0.5) is 0 Å². The Hall–Kier alpha value is -3.54. The summed E-state index contributed by atoms with van der Waals surface area (Å²) in [7, 11) is 1.62. The van der Waals surface area contributed by atoms with Crippen molar-refractivity contribution in [3.05, 3.63) is 82.2 Å². The lowest BCUT2D eigenvalue weighted by atomic mass is 9.68. The predicted molar refractivity (Wildman–Crippen MR) is 148 cm³/mol. The van der Waals surface area contributed by atoms with Crippen LogP contribution in [0.3, 0.4) is 0 Å². The third-order valence-corrected chi connectivity index (χ3v) is 7.87. The first-order chi connectivity index (χ1) is 18.3. The van der Waals surface area contributed by atoms with Crippen molar-refractivity contribution in [1.29, 1.82) is 0 Å². The summed E-state index contributed by atoms with van der Waals surface area (Å²) in [5, 5.41) is 3.49. The van der Waals surface area contributed by atoms with Crippen molar-refractivity contribution in [1.82, 2.24) is 10.2 Å². The van der Waals surface area contributed by atoms with Crippen LogP contribution >= 0.6 is 0 Å². The third kappa shape index (κ3) is 5.22. The van der Waals surface area contributed by atoms with Crippen LogP contribution in [-0.4, -0.2) is 36.8 Å². The maximum Gasteiger partial charge on any atom is 0.252 e. The lowest BCUT2D eigenvalue weighted by Gasteiger charge is -2.41. The number of Topliss-reactive ketones (excluding diaryl/α,β-unsaturated/α-hetero) is 1. The molecule has 200 valence electrons. The molecule has 2 aromatic rings. The summed E-state index contributed by atoms with van der Waals surface area (Å²) in [4.78, 5) is 29.6. The Kier molecular flexibility index (Phi) is 7.33. The van der Waals surface area contributed by atoms with E-state index in [1.54, 1.807) is 7.11 Å². The number of benzene rings is 2. The van der Waals surface area contributed by atoms with Gasteiger partial charge in [0.05, 0.1) is 7.11 Å². The van der Waals surface area contributed by atoms with Gasteiger partial charge in [-0.3, -0.25) is 9.59 Å². The van der Waals surface area contributed by atoms with Crippen LogP contribution in [0.5, 0.6) is 11.5 Å². The normalized spacial score (nSPS) is 21.1. The zero-order chi connectivity index (χ0) is 26.9. The fourth-order valence-corrected chi connectivity index (χ4v) is 6.04. The molecule has 1 aliphatic carbocycles. The van der Waals surface area contributed by atoms with E-state index in [2.05, 4.69) is 19.2 Å². The number of carbonyl (C=O) groups is 2. The molecule has 0 radical (unpaired) electrons. The summed E-state index contributed by atoms with van der Waals surface area (Å²) in [5.41, 5.74) is 4.96. The van der Waals surface area contributed by atoms with Gasteiger partial charge in [-0.2, -0.15) is 0 Å². The highest BCUT2D eigenvalue weighted by molar-refractivity contribution is 6.05. The number of methoxy groups -OCH3 is 1. The SMILES string of the molecule is COc1cc([C@@H]2C(C(=O)N3CCCCC3)=C(C)NC3=C2C(=O)CC(C)(C)C3)ccc1OCc1ccccc1. The second-order valence-electron chi connectivity index (χ2n) is 11.5. The number of dihydropyridines is 1. The van der Waals surface area contributed by atoms with Crippen molar-refractivity contribution >= 4 is 11.7 Å². The maximum atomic E-state index is 14.0. The van der Waals surface area contributed by atoms with E-state index in [0.717, 1.165) is 66.9 Å². The van der Waals surface area contributed by atoms with Crippen LogP contribution in [-0.2, 0) is 16.2 Å². The molecule has 0 bridgehead atoms. The second kappa shape index (κ2) is 10.7. The highest BCUT2D eigenvalue weighted by Gasteiger charge is 2.43. The molecule has 1 amide bonds.